The minimum absolute atomic E-state index is 0.221. The molecule has 2 aromatic carbocycles. The number of nitrogens with zero attached hydrogens (tertiary/aromatic N) is 1. The second-order valence-electron chi connectivity index (χ2n) is 6.75. The molecule has 1 heterocycles. The van der Waals surface area contributed by atoms with E-state index in [1.54, 1.807) is 13.2 Å². The Labute approximate surface area is 184 Å². The lowest BCUT2D eigenvalue weighted by molar-refractivity contribution is 0.0384. The van der Waals surface area contributed by atoms with Crippen LogP contribution in [-0.4, -0.2) is 51.4 Å². The lowest BCUT2D eigenvalue weighted by Gasteiger charge is -2.26. The normalized spacial score (nSPS) is 14.8. The molecule has 0 aliphatic carbocycles. The number of hydrogen-bond acceptors (Lipinski definition) is 5. The summed E-state index contributed by atoms with van der Waals surface area (Å²) in [5.41, 5.74) is 1.79. The molecule has 0 bridgehead atoms. The number of rotatable bonds is 9. The van der Waals surface area contributed by atoms with E-state index in [1.807, 2.05) is 12.1 Å². The van der Waals surface area contributed by atoms with Crippen LogP contribution in [0.5, 0.6) is 11.5 Å². The Bertz CT molecular complexity index is 819. The summed E-state index contributed by atoms with van der Waals surface area (Å²) in [4.78, 5) is 2.39. The average molecular weight is 488 g/mol. The fourth-order valence-electron chi connectivity index (χ4n) is 3.06. The molecule has 8 heteroatoms. The minimum atomic E-state index is -0.371. The van der Waals surface area contributed by atoms with Gasteiger partial charge in [0, 0.05) is 42.8 Å². The second-order valence-corrected chi connectivity index (χ2v) is 8.01. The molecule has 1 N–H and O–H groups in total. The fraction of sp³-hybridized carbons (Fsp3) is 0.429. The van der Waals surface area contributed by atoms with Gasteiger partial charge in [-0.15, -0.1) is 0 Å². The molecule has 2 aromatic rings. The van der Waals surface area contributed by atoms with Crippen LogP contribution >= 0.6 is 27.5 Å². The molecule has 1 fully saturated rings. The quantitative estimate of drug-likeness (QED) is 0.536. The van der Waals surface area contributed by atoms with E-state index >= 15 is 0 Å². The first-order valence-corrected chi connectivity index (χ1v) is 10.7. The van der Waals surface area contributed by atoms with Crippen LogP contribution in [0.25, 0.3) is 0 Å². The predicted octanol–water partition coefficient (Wildman–Crippen LogP) is 4.25. The van der Waals surface area contributed by atoms with E-state index in [4.69, 9.17) is 25.8 Å². The van der Waals surface area contributed by atoms with Crippen molar-refractivity contribution in [2.45, 2.75) is 13.2 Å². The molecular formula is C21H25BrClFN2O3. The van der Waals surface area contributed by atoms with Gasteiger partial charge in [-0.1, -0.05) is 33.6 Å². The van der Waals surface area contributed by atoms with Gasteiger partial charge >= 0.3 is 0 Å². The molecule has 0 atom stereocenters. The highest BCUT2D eigenvalue weighted by Crippen LogP contribution is 2.34. The highest BCUT2D eigenvalue weighted by molar-refractivity contribution is 9.10. The molecule has 3 rings (SSSR count). The topological polar surface area (TPSA) is 43.0 Å². The first kappa shape index (κ1) is 22.3. The van der Waals surface area contributed by atoms with Gasteiger partial charge in [0.1, 0.15) is 12.4 Å². The minimum Gasteiger partial charge on any atom is -0.493 e. The molecule has 29 heavy (non-hydrogen) atoms. The van der Waals surface area contributed by atoms with E-state index in [0.29, 0.717) is 28.6 Å². The lowest BCUT2D eigenvalue weighted by atomic mass is 10.2. The second kappa shape index (κ2) is 11.1. The van der Waals surface area contributed by atoms with Gasteiger partial charge in [-0.05, 0) is 29.8 Å². The molecule has 0 unspecified atom stereocenters. The van der Waals surface area contributed by atoms with Crippen LogP contribution in [-0.2, 0) is 17.9 Å². The highest BCUT2D eigenvalue weighted by Gasteiger charge is 2.13. The molecule has 1 aliphatic heterocycles. The summed E-state index contributed by atoms with van der Waals surface area (Å²) in [6.45, 7) is 6.44. The van der Waals surface area contributed by atoms with Gasteiger partial charge in [0.15, 0.2) is 11.5 Å². The van der Waals surface area contributed by atoms with E-state index in [9.17, 15) is 4.39 Å². The van der Waals surface area contributed by atoms with Crippen molar-refractivity contribution in [1.29, 1.82) is 0 Å². The molecule has 0 spiro atoms. The third-order valence-corrected chi connectivity index (χ3v) is 5.84. The summed E-state index contributed by atoms with van der Waals surface area (Å²) in [6.07, 6.45) is 0. The van der Waals surface area contributed by atoms with Gasteiger partial charge in [-0.2, -0.15) is 0 Å². The highest BCUT2D eigenvalue weighted by atomic mass is 79.9. The molecule has 0 radical (unpaired) electrons. The van der Waals surface area contributed by atoms with Crippen LogP contribution in [0.4, 0.5) is 4.39 Å². The molecule has 0 aromatic heterocycles. The zero-order chi connectivity index (χ0) is 20.6. The van der Waals surface area contributed by atoms with E-state index in [2.05, 4.69) is 26.1 Å². The van der Waals surface area contributed by atoms with Crippen LogP contribution in [0.3, 0.4) is 0 Å². The van der Waals surface area contributed by atoms with E-state index < -0.39 is 0 Å². The Morgan fingerprint density at radius 2 is 1.97 bits per heavy atom. The number of morpholine rings is 1. The van der Waals surface area contributed by atoms with Crippen LogP contribution in [0.15, 0.2) is 34.8 Å². The largest absolute Gasteiger partial charge is 0.493 e. The molecule has 0 amide bonds. The Hall–Kier alpha value is -1.38. The zero-order valence-corrected chi connectivity index (χ0v) is 18.7. The predicted molar refractivity (Wildman–Crippen MR) is 115 cm³/mol. The van der Waals surface area contributed by atoms with Crippen molar-refractivity contribution in [3.8, 4) is 11.5 Å². The summed E-state index contributed by atoms with van der Waals surface area (Å²) < 4.78 is 30.9. The maximum Gasteiger partial charge on any atom is 0.162 e. The SMILES string of the molecule is COc1cc(CNCCN2CCOCC2)c(Br)cc1OCc1ccc(F)cc1Cl. The summed E-state index contributed by atoms with van der Waals surface area (Å²) >= 11 is 9.69. The maximum atomic E-state index is 13.2. The molecule has 5 nitrogen and oxygen atoms in total. The van der Waals surface area contributed by atoms with Crippen LogP contribution < -0.4 is 14.8 Å². The standard InChI is InChI=1S/C21H25BrClFN2O3/c1-27-20-10-16(13-25-4-5-26-6-8-28-9-7-26)18(22)12-21(20)29-14-15-2-3-17(24)11-19(15)23/h2-3,10-12,25H,4-9,13-14H2,1H3. The Morgan fingerprint density at radius 3 is 2.69 bits per heavy atom. The van der Waals surface area contributed by atoms with Crippen LogP contribution in [0, 0.1) is 5.82 Å². The lowest BCUT2D eigenvalue weighted by Crippen LogP contribution is -2.40. The fourth-order valence-corrected chi connectivity index (χ4v) is 3.75. The smallest absolute Gasteiger partial charge is 0.162 e. The first-order valence-electron chi connectivity index (χ1n) is 9.51. The Kier molecular flexibility index (Phi) is 8.56. The number of nitrogens with one attached hydrogen (secondary N) is 1. The third-order valence-electron chi connectivity index (χ3n) is 4.75. The number of methoxy groups -OCH3 is 1. The van der Waals surface area contributed by atoms with Crippen molar-refractivity contribution in [2.75, 3.05) is 46.5 Å². The van der Waals surface area contributed by atoms with E-state index in [-0.39, 0.29) is 12.4 Å². The van der Waals surface area contributed by atoms with Gasteiger partial charge in [-0.3, -0.25) is 4.90 Å². The van der Waals surface area contributed by atoms with E-state index in [1.165, 1.54) is 12.1 Å². The monoisotopic (exact) mass is 486 g/mol. The van der Waals surface area contributed by atoms with Crippen molar-refractivity contribution < 1.29 is 18.6 Å². The van der Waals surface area contributed by atoms with Crippen molar-refractivity contribution in [1.82, 2.24) is 10.2 Å². The van der Waals surface area contributed by atoms with E-state index in [0.717, 1.165) is 49.4 Å². The number of halogens is 3. The van der Waals surface area contributed by atoms with Crippen molar-refractivity contribution in [3.05, 3.63) is 56.8 Å². The average Bonchev–Trinajstić information content (AvgIpc) is 2.72. The maximum absolute atomic E-state index is 13.2. The number of benzene rings is 2. The Morgan fingerprint density at radius 1 is 1.17 bits per heavy atom. The number of ether oxygens (including phenoxy) is 3. The van der Waals surface area contributed by atoms with Gasteiger partial charge < -0.3 is 19.5 Å². The van der Waals surface area contributed by atoms with Crippen molar-refractivity contribution in [3.63, 3.8) is 0 Å². The summed E-state index contributed by atoms with van der Waals surface area (Å²) in [5, 5.41) is 3.81. The van der Waals surface area contributed by atoms with Gasteiger partial charge in [0.25, 0.3) is 0 Å². The van der Waals surface area contributed by atoms with Gasteiger partial charge in [-0.25, -0.2) is 4.39 Å². The summed E-state index contributed by atoms with van der Waals surface area (Å²) in [7, 11) is 1.61. The third kappa shape index (κ3) is 6.55. The van der Waals surface area contributed by atoms with Crippen LogP contribution in [0.1, 0.15) is 11.1 Å². The Balaban J connectivity index is 1.56. The number of hydrogen-bond donors (Lipinski definition) is 1. The molecule has 158 valence electrons. The molecular weight excluding hydrogens is 463 g/mol. The van der Waals surface area contributed by atoms with Gasteiger partial charge in [0.2, 0.25) is 0 Å². The molecule has 0 saturated carbocycles. The summed E-state index contributed by atoms with van der Waals surface area (Å²) in [5.74, 6) is 0.859. The van der Waals surface area contributed by atoms with Gasteiger partial charge in [0.05, 0.1) is 25.3 Å². The van der Waals surface area contributed by atoms with Crippen molar-refractivity contribution >= 4 is 27.5 Å². The zero-order valence-electron chi connectivity index (χ0n) is 16.3. The first-order chi connectivity index (χ1) is 14.1. The molecule has 1 saturated heterocycles. The van der Waals surface area contributed by atoms with Crippen molar-refractivity contribution in [2.24, 2.45) is 0 Å². The molecule has 1 aliphatic rings. The van der Waals surface area contributed by atoms with Crippen LogP contribution in [0.2, 0.25) is 5.02 Å². The summed E-state index contributed by atoms with van der Waals surface area (Å²) in [6, 6.07) is 8.09.